The Labute approximate surface area is 130 Å². The van der Waals surface area contributed by atoms with Crippen molar-refractivity contribution in [2.24, 2.45) is 0 Å². The Bertz CT molecular complexity index is 750. The number of aliphatic hydroxyl groups is 1. The molecular formula is C13H11Cl2N5O. The first-order valence-corrected chi connectivity index (χ1v) is 6.90. The highest BCUT2D eigenvalue weighted by atomic mass is 35.5. The topological polar surface area (TPSA) is 68.8 Å². The molecule has 0 bridgehead atoms. The first-order valence-electron chi connectivity index (χ1n) is 6.15. The van der Waals surface area contributed by atoms with Crippen LogP contribution in [0.25, 0.3) is 5.69 Å². The van der Waals surface area contributed by atoms with Crippen molar-refractivity contribution in [3.8, 4) is 5.69 Å². The molecule has 0 radical (unpaired) electrons. The van der Waals surface area contributed by atoms with Crippen molar-refractivity contribution >= 4 is 23.2 Å². The van der Waals surface area contributed by atoms with Crippen LogP contribution in [-0.4, -0.2) is 29.7 Å². The van der Waals surface area contributed by atoms with Gasteiger partial charge in [-0.25, -0.2) is 9.67 Å². The zero-order chi connectivity index (χ0) is 14.8. The van der Waals surface area contributed by atoms with Crippen LogP contribution in [0.4, 0.5) is 0 Å². The molecule has 0 saturated heterocycles. The second-order valence-corrected chi connectivity index (χ2v) is 5.19. The second kappa shape index (κ2) is 5.85. The highest BCUT2D eigenvalue weighted by molar-refractivity contribution is 6.30. The number of hydrogen-bond acceptors (Lipinski definition) is 4. The summed E-state index contributed by atoms with van der Waals surface area (Å²) < 4.78 is 3.46. The van der Waals surface area contributed by atoms with Gasteiger partial charge in [-0.1, -0.05) is 28.4 Å². The largest absolute Gasteiger partial charge is 0.390 e. The summed E-state index contributed by atoms with van der Waals surface area (Å²) in [5.41, 5.74) is 2.17. The minimum Gasteiger partial charge on any atom is -0.390 e. The van der Waals surface area contributed by atoms with Crippen LogP contribution < -0.4 is 0 Å². The Morgan fingerprint density at radius 2 is 1.90 bits per heavy atom. The van der Waals surface area contributed by atoms with Crippen LogP contribution in [0.2, 0.25) is 10.2 Å². The van der Waals surface area contributed by atoms with Gasteiger partial charge in [-0.15, -0.1) is 5.10 Å². The molecule has 0 unspecified atom stereocenters. The lowest BCUT2D eigenvalue weighted by Gasteiger charge is -2.08. The first kappa shape index (κ1) is 14.1. The van der Waals surface area contributed by atoms with E-state index in [4.69, 9.17) is 28.3 Å². The van der Waals surface area contributed by atoms with Crippen molar-refractivity contribution in [1.82, 2.24) is 24.5 Å². The van der Waals surface area contributed by atoms with Crippen LogP contribution in [-0.2, 0) is 13.2 Å². The fourth-order valence-electron chi connectivity index (χ4n) is 1.96. The number of halogens is 2. The van der Waals surface area contributed by atoms with Gasteiger partial charge in [0, 0.05) is 10.7 Å². The number of aliphatic hydroxyl groups excluding tert-OH is 1. The summed E-state index contributed by atoms with van der Waals surface area (Å²) in [6, 6.07) is 7.36. The maximum absolute atomic E-state index is 9.02. The number of rotatable bonds is 4. The van der Waals surface area contributed by atoms with E-state index in [1.165, 1.54) is 0 Å². The molecule has 6 nitrogen and oxygen atoms in total. The van der Waals surface area contributed by atoms with Gasteiger partial charge in [-0.05, 0) is 24.3 Å². The second-order valence-electron chi connectivity index (χ2n) is 4.39. The molecule has 2 heterocycles. The standard InChI is InChI=1S/C13H11Cl2N5O/c14-9-1-3-11(4-2-9)20-8-16-13(15)12(20)6-19-5-10(7-21)17-18-19/h1-5,8,21H,6-7H2. The Kier molecular flexibility index (Phi) is 3.92. The monoisotopic (exact) mass is 323 g/mol. The van der Waals surface area contributed by atoms with E-state index >= 15 is 0 Å². The van der Waals surface area contributed by atoms with Gasteiger partial charge in [0.1, 0.15) is 12.0 Å². The van der Waals surface area contributed by atoms with Gasteiger partial charge < -0.3 is 5.11 Å². The predicted octanol–water partition coefficient (Wildman–Crippen LogP) is 2.31. The Balaban J connectivity index is 1.95. The normalized spacial score (nSPS) is 11.0. The van der Waals surface area contributed by atoms with E-state index in [2.05, 4.69) is 15.3 Å². The minimum absolute atomic E-state index is 0.149. The van der Waals surface area contributed by atoms with Crippen LogP contribution in [0.3, 0.4) is 0 Å². The average Bonchev–Trinajstić information content (AvgIpc) is 3.08. The molecular weight excluding hydrogens is 313 g/mol. The van der Waals surface area contributed by atoms with Crippen LogP contribution in [0, 0.1) is 0 Å². The van der Waals surface area contributed by atoms with Gasteiger partial charge >= 0.3 is 0 Å². The molecule has 8 heteroatoms. The molecule has 3 rings (SSSR count). The molecule has 2 aromatic heterocycles. The lowest BCUT2D eigenvalue weighted by molar-refractivity contribution is 0.276. The van der Waals surface area contributed by atoms with Crippen molar-refractivity contribution in [1.29, 1.82) is 0 Å². The maximum atomic E-state index is 9.02. The summed E-state index contributed by atoms with van der Waals surface area (Å²) in [5, 5.41) is 17.8. The van der Waals surface area contributed by atoms with Crippen molar-refractivity contribution in [2.75, 3.05) is 0 Å². The first-order chi connectivity index (χ1) is 10.2. The highest BCUT2D eigenvalue weighted by Gasteiger charge is 2.12. The van der Waals surface area contributed by atoms with Crippen LogP contribution in [0.5, 0.6) is 0 Å². The minimum atomic E-state index is -0.149. The SMILES string of the molecule is OCc1cn(Cc2c(Cl)ncn2-c2ccc(Cl)cc2)nn1. The number of hydrogen-bond donors (Lipinski definition) is 1. The van der Waals surface area contributed by atoms with Crippen molar-refractivity contribution < 1.29 is 5.11 Å². The van der Waals surface area contributed by atoms with Crippen LogP contribution in [0.1, 0.15) is 11.4 Å². The number of nitrogens with zero attached hydrogens (tertiary/aromatic N) is 5. The molecule has 0 spiro atoms. The summed E-state index contributed by atoms with van der Waals surface area (Å²) in [5.74, 6) is 0. The molecule has 21 heavy (non-hydrogen) atoms. The van der Waals surface area contributed by atoms with Crippen LogP contribution in [0.15, 0.2) is 36.8 Å². The molecule has 0 atom stereocenters. The molecule has 0 aliphatic carbocycles. The van der Waals surface area contributed by atoms with E-state index in [0.717, 1.165) is 11.4 Å². The third-order valence-corrected chi connectivity index (χ3v) is 3.55. The summed E-state index contributed by atoms with van der Waals surface area (Å²) >= 11 is 12.0. The third-order valence-electron chi connectivity index (χ3n) is 2.98. The van der Waals surface area contributed by atoms with Crippen molar-refractivity contribution in [3.63, 3.8) is 0 Å². The zero-order valence-electron chi connectivity index (χ0n) is 10.8. The van der Waals surface area contributed by atoms with Gasteiger partial charge in [-0.2, -0.15) is 0 Å². The van der Waals surface area contributed by atoms with Crippen molar-refractivity contribution in [3.05, 3.63) is 58.4 Å². The number of aromatic nitrogens is 5. The van der Waals surface area contributed by atoms with E-state index in [9.17, 15) is 0 Å². The van der Waals surface area contributed by atoms with E-state index in [1.807, 2.05) is 16.7 Å². The molecule has 0 aliphatic rings. The molecule has 108 valence electrons. The van der Waals surface area contributed by atoms with E-state index in [-0.39, 0.29) is 6.61 Å². The summed E-state index contributed by atoms with van der Waals surface area (Å²) in [6.07, 6.45) is 3.31. The Morgan fingerprint density at radius 1 is 1.14 bits per heavy atom. The number of benzene rings is 1. The van der Waals surface area contributed by atoms with E-state index in [1.54, 1.807) is 29.3 Å². The Hall–Kier alpha value is -1.89. The maximum Gasteiger partial charge on any atom is 0.152 e. The summed E-state index contributed by atoms with van der Waals surface area (Å²) in [4.78, 5) is 4.12. The smallest absolute Gasteiger partial charge is 0.152 e. The lowest BCUT2D eigenvalue weighted by atomic mass is 10.3. The number of imidazole rings is 1. The molecule has 0 saturated carbocycles. The quantitative estimate of drug-likeness (QED) is 0.800. The lowest BCUT2D eigenvalue weighted by Crippen LogP contribution is -2.07. The predicted molar refractivity (Wildman–Crippen MR) is 78.6 cm³/mol. The molecule has 1 aromatic carbocycles. The third kappa shape index (κ3) is 2.92. The molecule has 0 amide bonds. The van der Waals surface area contributed by atoms with Crippen LogP contribution >= 0.6 is 23.2 Å². The van der Waals surface area contributed by atoms with Gasteiger partial charge in [0.2, 0.25) is 0 Å². The van der Waals surface area contributed by atoms with Crippen molar-refractivity contribution in [2.45, 2.75) is 13.2 Å². The molecule has 0 aliphatic heterocycles. The zero-order valence-corrected chi connectivity index (χ0v) is 12.3. The van der Waals surface area contributed by atoms with Gasteiger partial charge in [0.15, 0.2) is 5.15 Å². The van der Waals surface area contributed by atoms with Gasteiger partial charge in [0.05, 0.1) is 25.0 Å². The average molecular weight is 324 g/mol. The van der Waals surface area contributed by atoms with E-state index in [0.29, 0.717) is 22.4 Å². The fourth-order valence-corrected chi connectivity index (χ4v) is 2.28. The van der Waals surface area contributed by atoms with E-state index < -0.39 is 0 Å². The Morgan fingerprint density at radius 3 is 2.57 bits per heavy atom. The molecule has 1 N–H and O–H groups in total. The summed E-state index contributed by atoms with van der Waals surface area (Å²) in [6.45, 7) is 0.249. The fraction of sp³-hybridized carbons (Fsp3) is 0.154. The molecule has 3 aromatic rings. The van der Waals surface area contributed by atoms with Gasteiger partial charge in [-0.3, -0.25) is 4.57 Å². The molecule has 0 fully saturated rings. The summed E-state index contributed by atoms with van der Waals surface area (Å²) in [7, 11) is 0. The van der Waals surface area contributed by atoms with Gasteiger partial charge in [0.25, 0.3) is 0 Å². The highest BCUT2D eigenvalue weighted by Crippen LogP contribution is 2.21.